The van der Waals surface area contributed by atoms with Crippen LogP contribution < -0.4 is 0 Å². The lowest BCUT2D eigenvalue weighted by atomic mass is 10.3. The fourth-order valence-electron chi connectivity index (χ4n) is 5.46. The van der Waals surface area contributed by atoms with E-state index in [-0.39, 0.29) is 32.7 Å². The fourth-order valence-corrected chi connectivity index (χ4v) is 12.2. The third kappa shape index (κ3) is 6.67. The van der Waals surface area contributed by atoms with Crippen LogP contribution in [0.3, 0.4) is 0 Å². The van der Waals surface area contributed by atoms with Gasteiger partial charge in [-0.1, -0.05) is 109 Å². The van der Waals surface area contributed by atoms with Crippen LogP contribution in [0.4, 0.5) is 0 Å². The number of benzene rings is 7. The van der Waals surface area contributed by atoms with E-state index in [0.29, 0.717) is 0 Å². The van der Waals surface area contributed by atoms with E-state index in [1.807, 2.05) is 0 Å². The Morgan fingerprint density at radius 2 is 0.333 bits per heavy atom. The van der Waals surface area contributed by atoms with Gasteiger partial charge in [0.05, 0.1) is 50.9 Å². The Bertz CT molecular complexity index is 1570. The Balaban J connectivity index is 1.52. The normalized spacial score (nSPS) is 11.3. The lowest BCUT2D eigenvalue weighted by molar-refractivity contribution is 1.17. The number of rotatable bonds is 9. The molecular formula is C42H33S3+3. The van der Waals surface area contributed by atoms with Gasteiger partial charge in [-0.2, -0.15) is 0 Å². The van der Waals surface area contributed by atoms with Crippen LogP contribution >= 0.6 is 0 Å². The Morgan fingerprint density at radius 1 is 0.178 bits per heavy atom. The van der Waals surface area contributed by atoms with E-state index in [1.54, 1.807) is 0 Å². The van der Waals surface area contributed by atoms with Crippen molar-refractivity contribution in [1.82, 2.24) is 0 Å². The van der Waals surface area contributed by atoms with Crippen LogP contribution in [0.2, 0.25) is 0 Å². The summed E-state index contributed by atoms with van der Waals surface area (Å²) in [6, 6.07) is 73.6. The molecule has 7 aromatic carbocycles. The van der Waals surface area contributed by atoms with Gasteiger partial charge in [0, 0.05) is 0 Å². The third-order valence-corrected chi connectivity index (χ3v) is 14.0. The van der Waals surface area contributed by atoms with Crippen molar-refractivity contribution in [2.45, 2.75) is 44.1 Å². The van der Waals surface area contributed by atoms with Crippen molar-refractivity contribution >= 4 is 32.7 Å². The van der Waals surface area contributed by atoms with Gasteiger partial charge >= 0.3 is 0 Å². The molecular weight excluding hydrogens is 601 g/mol. The monoisotopic (exact) mass is 633 g/mol. The second-order valence-corrected chi connectivity index (χ2v) is 16.5. The highest BCUT2D eigenvalue weighted by Gasteiger charge is 2.39. The second kappa shape index (κ2) is 14.1. The van der Waals surface area contributed by atoms with E-state index < -0.39 is 0 Å². The summed E-state index contributed by atoms with van der Waals surface area (Å²) in [5, 5.41) is 0. The maximum absolute atomic E-state index is 2.49. The van der Waals surface area contributed by atoms with Gasteiger partial charge in [-0.25, -0.2) is 0 Å². The molecule has 45 heavy (non-hydrogen) atoms. The lowest BCUT2D eigenvalue weighted by Crippen LogP contribution is -2.12. The van der Waals surface area contributed by atoms with Crippen LogP contribution in [0.5, 0.6) is 0 Å². The molecule has 0 spiro atoms. The summed E-state index contributed by atoms with van der Waals surface area (Å²) in [5.41, 5.74) is 0. The van der Waals surface area contributed by atoms with Gasteiger partial charge in [0.15, 0.2) is 44.1 Å². The van der Waals surface area contributed by atoms with E-state index in [2.05, 4.69) is 200 Å². The predicted molar refractivity (Wildman–Crippen MR) is 192 cm³/mol. The van der Waals surface area contributed by atoms with Crippen LogP contribution in [0.1, 0.15) is 0 Å². The van der Waals surface area contributed by atoms with Crippen LogP contribution in [-0.4, -0.2) is 0 Å². The van der Waals surface area contributed by atoms with Gasteiger partial charge in [-0.05, 0) is 72.8 Å². The SMILES string of the molecule is c1ccc([S+](c2ccccc2)c2cc([S+](c3ccccc3)c3ccccc3)cc([S+](c3ccccc3)c3ccccc3)c2)cc1. The van der Waals surface area contributed by atoms with Crippen LogP contribution in [0.15, 0.2) is 244 Å². The second-order valence-electron chi connectivity index (χ2n) is 10.4. The molecule has 0 amide bonds. The van der Waals surface area contributed by atoms with Crippen LogP contribution in [0, 0.1) is 0 Å². The van der Waals surface area contributed by atoms with Gasteiger partial charge < -0.3 is 0 Å². The molecule has 0 atom stereocenters. The maximum Gasteiger partial charge on any atom is 0.176 e. The molecule has 7 aromatic rings. The molecule has 0 aromatic heterocycles. The molecule has 7 rings (SSSR count). The Morgan fingerprint density at radius 3 is 0.489 bits per heavy atom. The van der Waals surface area contributed by atoms with E-state index in [4.69, 9.17) is 0 Å². The standard InChI is InChI=1S/C42H33S3/c1-7-19-34(20-8-1)43(35-21-9-2-10-22-35)40-31-41(44(36-23-11-3-12-24-36)37-25-13-4-14-26-37)33-42(32-40)45(38-27-15-5-16-28-38)39-29-17-6-18-30-39/h1-33H/q+3. The third-order valence-electron chi connectivity index (χ3n) is 7.43. The summed E-state index contributed by atoms with van der Waals surface area (Å²) in [7, 11) is -0.855. The highest BCUT2D eigenvalue weighted by molar-refractivity contribution is 7.98. The Kier molecular flexibility index (Phi) is 9.20. The number of hydrogen-bond acceptors (Lipinski definition) is 0. The lowest BCUT2D eigenvalue weighted by Gasteiger charge is -2.14. The summed E-state index contributed by atoms with van der Waals surface area (Å²) in [4.78, 5) is 12.0. The van der Waals surface area contributed by atoms with E-state index in [9.17, 15) is 0 Å². The maximum atomic E-state index is 2.49. The quantitative estimate of drug-likeness (QED) is 0.139. The molecule has 0 saturated heterocycles. The molecule has 216 valence electrons. The van der Waals surface area contributed by atoms with Gasteiger partial charge in [-0.3, -0.25) is 0 Å². The van der Waals surface area contributed by atoms with Gasteiger partial charge in [0.2, 0.25) is 0 Å². The first-order valence-corrected chi connectivity index (χ1v) is 18.7. The van der Waals surface area contributed by atoms with Crippen molar-refractivity contribution in [3.63, 3.8) is 0 Å². The zero-order valence-corrected chi connectivity index (χ0v) is 27.2. The molecule has 0 aliphatic rings. The zero-order chi connectivity index (χ0) is 30.3. The van der Waals surface area contributed by atoms with Crippen molar-refractivity contribution in [1.29, 1.82) is 0 Å². The fraction of sp³-hybridized carbons (Fsp3) is 0. The average molecular weight is 634 g/mol. The minimum absolute atomic E-state index is 0.285. The first kappa shape index (κ1) is 29.3. The molecule has 0 heterocycles. The van der Waals surface area contributed by atoms with Crippen LogP contribution in [-0.2, 0) is 32.7 Å². The molecule has 0 N–H and O–H groups in total. The van der Waals surface area contributed by atoms with Gasteiger partial charge in [-0.15, -0.1) is 0 Å². The van der Waals surface area contributed by atoms with E-state index in [1.165, 1.54) is 44.1 Å². The number of hydrogen-bond donors (Lipinski definition) is 0. The minimum Gasteiger partial charge on any atom is -0.0619 e. The molecule has 0 saturated carbocycles. The summed E-state index contributed by atoms with van der Waals surface area (Å²) in [6.45, 7) is 0. The molecule has 0 nitrogen and oxygen atoms in total. The topological polar surface area (TPSA) is 0 Å². The molecule has 0 unspecified atom stereocenters. The zero-order valence-electron chi connectivity index (χ0n) is 24.8. The average Bonchev–Trinajstić information content (AvgIpc) is 3.12. The highest BCUT2D eigenvalue weighted by Crippen LogP contribution is 2.41. The Labute approximate surface area is 275 Å². The van der Waals surface area contributed by atoms with Crippen molar-refractivity contribution in [3.05, 3.63) is 200 Å². The largest absolute Gasteiger partial charge is 0.176 e. The predicted octanol–water partition coefficient (Wildman–Crippen LogP) is 11.0. The first-order valence-electron chi connectivity index (χ1n) is 15.0. The molecule has 0 fully saturated rings. The molecule has 0 radical (unpaired) electrons. The molecule has 0 aliphatic carbocycles. The van der Waals surface area contributed by atoms with Crippen LogP contribution in [0.25, 0.3) is 0 Å². The summed E-state index contributed by atoms with van der Waals surface area (Å²) in [6.07, 6.45) is 0. The summed E-state index contributed by atoms with van der Waals surface area (Å²) >= 11 is 0. The van der Waals surface area contributed by atoms with Gasteiger partial charge in [0.1, 0.15) is 0 Å². The van der Waals surface area contributed by atoms with Crippen molar-refractivity contribution in [2.75, 3.05) is 0 Å². The highest BCUT2D eigenvalue weighted by atomic mass is 32.2. The first-order chi connectivity index (χ1) is 22.3. The molecule has 0 bridgehead atoms. The van der Waals surface area contributed by atoms with E-state index >= 15 is 0 Å². The van der Waals surface area contributed by atoms with E-state index in [0.717, 1.165) is 0 Å². The summed E-state index contributed by atoms with van der Waals surface area (Å²) < 4.78 is 0. The smallest absolute Gasteiger partial charge is 0.0619 e. The Hall–Kier alpha value is -4.41. The summed E-state index contributed by atoms with van der Waals surface area (Å²) in [5.74, 6) is 0. The van der Waals surface area contributed by atoms with Crippen molar-refractivity contribution in [3.8, 4) is 0 Å². The molecule has 3 heteroatoms. The van der Waals surface area contributed by atoms with Crippen molar-refractivity contribution < 1.29 is 0 Å². The van der Waals surface area contributed by atoms with Gasteiger partial charge in [0.25, 0.3) is 0 Å². The van der Waals surface area contributed by atoms with Crippen molar-refractivity contribution in [2.24, 2.45) is 0 Å². The minimum atomic E-state index is -0.285. The molecule has 0 aliphatic heterocycles.